The molecule has 3 heteroatoms. The summed E-state index contributed by atoms with van der Waals surface area (Å²) in [5.41, 5.74) is 0.639. The van der Waals surface area contributed by atoms with Crippen molar-refractivity contribution in [2.45, 2.75) is 0 Å². The van der Waals surface area contributed by atoms with Crippen LogP contribution < -0.4 is 4.74 Å². The molecule has 0 bridgehead atoms. The van der Waals surface area contributed by atoms with E-state index in [1.807, 2.05) is 26.2 Å². The number of ether oxygens (including phenoxy) is 1. The Balaban J connectivity index is 2.39. The summed E-state index contributed by atoms with van der Waals surface area (Å²) in [5.74, 6) is 0.983. The van der Waals surface area contributed by atoms with Crippen molar-refractivity contribution in [2.24, 2.45) is 0 Å². The van der Waals surface area contributed by atoms with Gasteiger partial charge < -0.3 is 9.64 Å². The molecule has 0 N–H and O–H groups in total. The normalized spacial score (nSPS) is 16.7. The Hall–Kier alpha value is -1.77. The molecule has 0 atom stereocenters. The molecule has 1 aromatic carbocycles. The Kier molecular flexibility index (Phi) is 2.00. The lowest BCUT2D eigenvalue weighted by atomic mass is 10.1. The molecule has 0 aromatic heterocycles. The zero-order valence-electron chi connectivity index (χ0n) is 8.15. The fraction of sp³-hybridized carbons (Fsp3) is 0.182. The van der Waals surface area contributed by atoms with Gasteiger partial charge in [-0.25, -0.2) is 0 Å². The Morgan fingerprint density at radius 3 is 2.64 bits per heavy atom. The van der Waals surface area contributed by atoms with Gasteiger partial charge >= 0.3 is 0 Å². The summed E-state index contributed by atoms with van der Waals surface area (Å²) in [5, 5.41) is 0. The number of Topliss-reactive ketones (excluding diaryl/α,β-unsaturated/α-hetero) is 1. The first-order valence-electron chi connectivity index (χ1n) is 4.38. The zero-order valence-corrected chi connectivity index (χ0v) is 8.15. The topological polar surface area (TPSA) is 29.5 Å². The number of benzene rings is 1. The highest BCUT2D eigenvalue weighted by Crippen LogP contribution is 2.30. The van der Waals surface area contributed by atoms with E-state index in [-0.39, 0.29) is 5.78 Å². The van der Waals surface area contributed by atoms with Crippen molar-refractivity contribution in [1.82, 2.24) is 4.90 Å². The van der Waals surface area contributed by atoms with Crippen molar-refractivity contribution in [3.63, 3.8) is 0 Å². The van der Waals surface area contributed by atoms with E-state index in [4.69, 9.17) is 4.74 Å². The molecule has 1 heterocycles. The molecule has 0 fully saturated rings. The van der Waals surface area contributed by atoms with Crippen LogP contribution in [0.15, 0.2) is 36.2 Å². The summed E-state index contributed by atoms with van der Waals surface area (Å²) in [6, 6.07) is 7.25. The Bertz CT molecular complexity index is 408. The number of hydrogen-bond donors (Lipinski definition) is 0. The molecular formula is C11H11NO2. The second-order valence-electron chi connectivity index (χ2n) is 3.38. The van der Waals surface area contributed by atoms with Gasteiger partial charge in [-0.3, -0.25) is 4.79 Å². The van der Waals surface area contributed by atoms with E-state index in [1.165, 1.54) is 0 Å². The molecule has 2 rings (SSSR count). The summed E-state index contributed by atoms with van der Waals surface area (Å²) in [6.07, 6.45) is 1.68. The van der Waals surface area contributed by atoms with E-state index in [1.54, 1.807) is 23.2 Å². The maximum absolute atomic E-state index is 11.7. The van der Waals surface area contributed by atoms with E-state index in [2.05, 4.69) is 0 Å². The number of carbonyl (C=O) groups is 1. The summed E-state index contributed by atoms with van der Waals surface area (Å²) < 4.78 is 5.40. The molecule has 0 aliphatic carbocycles. The van der Waals surface area contributed by atoms with Gasteiger partial charge in [0.1, 0.15) is 5.75 Å². The van der Waals surface area contributed by atoms with Gasteiger partial charge in [0.05, 0.1) is 5.56 Å². The van der Waals surface area contributed by atoms with E-state index in [0.717, 1.165) is 0 Å². The molecule has 3 nitrogen and oxygen atoms in total. The van der Waals surface area contributed by atoms with Crippen LogP contribution in [0.4, 0.5) is 0 Å². The predicted octanol–water partition coefficient (Wildman–Crippen LogP) is 1.66. The van der Waals surface area contributed by atoms with Gasteiger partial charge in [-0.05, 0) is 12.1 Å². The summed E-state index contributed by atoms with van der Waals surface area (Å²) in [6.45, 7) is 0. The van der Waals surface area contributed by atoms with Gasteiger partial charge in [0, 0.05) is 20.3 Å². The third-order valence-electron chi connectivity index (χ3n) is 1.95. The fourth-order valence-corrected chi connectivity index (χ4v) is 1.36. The van der Waals surface area contributed by atoms with Gasteiger partial charge in [0.15, 0.2) is 5.76 Å². The number of rotatable bonds is 1. The second kappa shape index (κ2) is 3.18. The quantitative estimate of drug-likeness (QED) is 0.629. The number of ketones is 1. The van der Waals surface area contributed by atoms with Crippen LogP contribution in [0.2, 0.25) is 0 Å². The lowest BCUT2D eigenvalue weighted by molar-refractivity contribution is 0.101. The van der Waals surface area contributed by atoms with Crippen LogP contribution in [0.3, 0.4) is 0 Å². The third-order valence-corrected chi connectivity index (χ3v) is 1.95. The van der Waals surface area contributed by atoms with Crippen molar-refractivity contribution in [2.75, 3.05) is 14.1 Å². The smallest absolute Gasteiger partial charge is 0.233 e. The van der Waals surface area contributed by atoms with Crippen molar-refractivity contribution >= 4 is 5.78 Å². The number of fused-ring (bicyclic) bond motifs is 1. The van der Waals surface area contributed by atoms with Crippen LogP contribution in [0.5, 0.6) is 5.75 Å². The Labute approximate surface area is 82.6 Å². The van der Waals surface area contributed by atoms with Crippen LogP contribution in [0.25, 0.3) is 0 Å². The number of para-hydroxylation sites is 1. The average Bonchev–Trinajstić information content (AvgIpc) is 2.44. The van der Waals surface area contributed by atoms with Crippen molar-refractivity contribution in [3.8, 4) is 5.75 Å². The van der Waals surface area contributed by atoms with Gasteiger partial charge in [0.25, 0.3) is 0 Å². The van der Waals surface area contributed by atoms with E-state index in [9.17, 15) is 4.79 Å². The number of nitrogens with zero attached hydrogens (tertiary/aromatic N) is 1. The summed E-state index contributed by atoms with van der Waals surface area (Å²) in [4.78, 5) is 13.5. The monoisotopic (exact) mass is 189 g/mol. The van der Waals surface area contributed by atoms with Gasteiger partial charge in [-0.2, -0.15) is 0 Å². The van der Waals surface area contributed by atoms with Crippen LogP contribution in [0.1, 0.15) is 10.4 Å². The SMILES string of the molecule is CN(C)/C=C1\Oc2ccccc2C1=O. The highest BCUT2D eigenvalue weighted by molar-refractivity contribution is 6.12. The number of carbonyl (C=O) groups excluding carboxylic acids is 1. The fourth-order valence-electron chi connectivity index (χ4n) is 1.36. The van der Waals surface area contributed by atoms with E-state index >= 15 is 0 Å². The van der Waals surface area contributed by atoms with Crippen LogP contribution in [-0.2, 0) is 0 Å². The lowest BCUT2D eigenvalue weighted by Gasteiger charge is -2.05. The van der Waals surface area contributed by atoms with E-state index in [0.29, 0.717) is 17.1 Å². The Morgan fingerprint density at radius 2 is 2.00 bits per heavy atom. The summed E-state index contributed by atoms with van der Waals surface area (Å²) >= 11 is 0. The third kappa shape index (κ3) is 1.37. The van der Waals surface area contributed by atoms with Crippen LogP contribution >= 0.6 is 0 Å². The minimum absolute atomic E-state index is 0.0469. The molecule has 0 unspecified atom stereocenters. The van der Waals surface area contributed by atoms with Gasteiger partial charge in [0.2, 0.25) is 5.78 Å². The molecule has 0 radical (unpaired) electrons. The van der Waals surface area contributed by atoms with Gasteiger partial charge in [-0.1, -0.05) is 12.1 Å². The predicted molar refractivity (Wildman–Crippen MR) is 53.2 cm³/mol. The van der Waals surface area contributed by atoms with Crippen molar-refractivity contribution in [3.05, 3.63) is 41.8 Å². The standard InChI is InChI=1S/C11H11NO2/c1-12(2)7-10-11(13)8-5-3-4-6-9(8)14-10/h3-7H,1-2H3/b10-7-. The van der Waals surface area contributed by atoms with E-state index < -0.39 is 0 Å². The minimum Gasteiger partial charge on any atom is -0.451 e. The molecular weight excluding hydrogens is 178 g/mol. The maximum atomic E-state index is 11.7. The number of hydrogen-bond acceptors (Lipinski definition) is 3. The lowest BCUT2D eigenvalue weighted by Crippen LogP contribution is -2.08. The first-order valence-corrected chi connectivity index (χ1v) is 4.38. The van der Waals surface area contributed by atoms with Crippen molar-refractivity contribution in [1.29, 1.82) is 0 Å². The van der Waals surface area contributed by atoms with Crippen molar-refractivity contribution < 1.29 is 9.53 Å². The minimum atomic E-state index is -0.0469. The van der Waals surface area contributed by atoms with Crippen LogP contribution in [0, 0.1) is 0 Å². The molecule has 1 aliphatic heterocycles. The average molecular weight is 189 g/mol. The molecule has 72 valence electrons. The van der Waals surface area contributed by atoms with Crippen LogP contribution in [-0.4, -0.2) is 24.8 Å². The molecule has 0 spiro atoms. The Morgan fingerprint density at radius 1 is 1.29 bits per heavy atom. The summed E-state index contributed by atoms with van der Waals surface area (Å²) in [7, 11) is 3.71. The second-order valence-corrected chi connectivity index (χ2v) is 3.38. The largest absolute Gasteiger partial charge is 0.451 e. The first kappa shape index (κ1) is 8.81. The van der Waals surface area contributed by atoms with Gasteiger partial charge in [-0.15, -0.1) is 0 Å². The molecule has 1 aromatic rings. The first-order chi connectivity index (χ1) is 6.68. The number of allylic oxidation sites excluding steroid dienone is 1. The zero-order chi connectivity index (χ0) is 10.1. The highest BCUT2D eigenvalue weighted by atomic mass is 16.5. The maximum Gasteiger partial charge on any atom is 0.233 e. The molecule has 0 amide bonds. The molecule has 1 aliphatic rings. The molecule has 0 saturated carbocycles. The molecule has 14 heavy (non-hydrogen) atoms. The molecule has 0 saturated heterocycles. The highest BCUT2D eigenvalue weighted by Gasteiger charge is 2.26.